The van der Waals surface area contributed by atoms with Crippen LogP contribution in [0, 0.1) is 0 Å². The molecule has 2 aliphatic rings. The highest BCUT2D eigenvalue weighted by molar-refractivity contribution is 7.49. The highest BCUT2D eigenvalue weighted by atomic mass is 31.2. The molecule has 474 valence electrons. The fraction of sp³-hybridized carbons (Fsp3) is 0.471. The average molecular weight is 1270 g/mol. The first kappa shape index (κ1) is 65.8. The first-order chi connectivity index (χ1) is 42.2. The third kappa shape index (κ3) is 17.7. The third-order valence-corrected chi connectivity index (χ3v) is 15.4. The lowest BCUT2D eigenvalue weighted by molar-refractivity contribution is -0.223. The van der Waals surface area contributed by atoms with E-state index in [-0.39, 0.29) is 37.1 Å². The van der Waals surface area contributed by atoms with Gasteiger partial charge in [-0.2, -0.15) is 0 Å². The Hall–Kier alpha value is -8.21. The molecule has 37 heteroatoms. The van der Waals surface area contributed by atoms with Gasteiger partial charge in [-0.3, -0.25) is 51.7 Å². The standard InChI is InChI=1S/C27H35N10O8P.C24H33N8O9P/c1-2-3-4-10-35-17-33-23-24(31-15-32-25(23)35)30-8-7-29-21(39)6-5-18-13-37(27(41)34-26(18)40)22-12-19(38)20(45-22)14-44-46(42,43)36-11-9-28-16-36;1-2-3-4-9-31-14-29-20-21(27-13-28-22(20)31)26-8-7-25-18(34)6-5-15-11-32(24(36)30-23(15)35)19-10-16(33)17(41-19)12-40-42(37,38)39/h5-6,9,11,13,15-17,19-20,22,38H,2-4,7-8,10,12,14H2,1H3,(H,29,39)(H,42,43)(H,30,31,32)(H,34,40,41);5-6,11,13-14,16-17,19,33H,2-4,7-10,12H2,1H3,(H,25,34)(H,26,27,28)(H,30,35,36)(H2,37,38,39)/p-2/b2*6-5+. The van der Waals surface area contributed by atoms with Crippen molar-refractivity contribution >= 4 is 73.5 Å². The smallest absolute Gasteiger partial charge is 0.330 e. The van der Waals surface area contributed by atoms with E-state index in [9.17, 15) is 57.9 Å². The molecule has 35 nitrogen and oxygen atoms in total. The number of carbonyl (C=O) groups is 2. The topological polar surface area (TPSA) is 475 Å². The number of fused-ring (bicyclic) bond motifs is 2. The van der Waals surface area contributed by atoms with Crippen molar-refractivity contribution in [3.63, 3.8) is 0 Å². The Morgan fingerprint density at radius 2 is 1.15 bits per heavy atom. The van der Waals surface area contributed by atoms with Gasteiger partial charge in [-0.15, -0.1) is 0 Å². The van der Waals surface area contributed by atoms with Gasteiger partial charge >= 0.3 is 11.4 Å². The summed E-state index contributed by atoms with van der Waals surface area (Å²) >= 11 is 0. The molecule has 8 atom stereocenters. The zero-order chi connectivity index (χ0) is 63.0. The first-order valence-electron chi connectivity index (χ1n) is 27.9. The van der Waals surface area contributed by atoms with Gasteiger partial charge in [0.05, 0.1) is 49.2 Å². The summed E-state index contributed by atoms with van der Waals surface area (Å²) < 4.78 is 50.3. The Kier molecular flexibility index (Phi) is 22.9. The number of phosphoric acid groups is 1. The van der Waals surface area contributed by atoms with E-state index in [0.29, 0.717) is 35.8 Å². The summed E-state index contributed by atoms with van der Waals surface area (Å²) in [7, 11) is -9.55. The molecule has 2 aliphatic heterocycles. The van der Waals surface area contributed by atoms with Gasteiger partial charge < -0.3 is 73.8 Å². The normalized spacial score (nSPS) is 19.9. The van der Waals surface area contributed by atoms with Gasteiger partial charge in [-0.1, -0.05) is 39.5 Å². The molecule has 0 saturated carbocycles. The minimum Gasteiger partial charge on any atom is -0.761 e. The monoisotopic (exact) mass is 1260 g/mol. The van der Waals surface area contributed by atoms with Crippen LogP contribution in [-0.4, -0.2) is 158 Å². The number of rotatable bonds is 29. The van der Waals surface area contributed by atoms with E-state index in [0.717, 1.165) is 101 Å². The van der Waals surface area contributed by atoms with Crippen LogP contribution >= 0.6 is 15.6 Å². The van der Waals surface area contributed by atoms with E-state index >= 15 is 0 Å². The van der Waals surface area contributed by atoms with Crippen molar-refractivity contribution in [2.45, 2.75) is 115 Å². The number of unbranched alkanes of at least 4 members (excludes halogenated alkanes) is 4. The number of nitrogens with zero attached hydrogens (tertiary/aromatic N) is 12. The second-order valence-corrected chi connectivity index (χ2v) is 22.9. The summed E-state index contributed by atoms with van der Waals surface area (Å²) in [5.74, 6) is 0.0971. The number of nitrogens with one attached hydrogen (secondary N) is 6. The van der Waals surface area contributed by atoms with Crippen LogP contribution in [0.5, 0.6) is 0 Å². The lowest BCUT2D eigenvalue weighted by Gasteiger charge is -2.26. The van der Waals surface area contributed by atoms with Gasteiger partial charge in [0.2, 0.25) is 19.6 Å². The molecular weight excluding hydrogens is 1200 g/mol. The number of anilines is 2. The molecule has 0 spiro atoms. The lowest BCUT2D eigenvalue weighted by Crippen LogP contribution is -2.33. The fourth-order valence-corrected chi connectivity index (χ4v) is 10.3. The number of H-pyrrole nitrogens is 2. The second kappa shape index (κ2) is 30.6. The highest BCUT2D eigenvalue weighted by Crippen LogP contribution is 2.40. The van der Waals surface area contributed by atoms with Crippen LogP contribution in [0.1, 0.15) is 88.8 Å². The molecule has 0 radical (unpaired) electrons. The molecule has 7 aromatic rings. The maximum absolute atomic E-state index is 12.5. The average Bonchev–Trinajstić information content (AvgIpc) is 4.56. The number of aliphatic hydroxyl groups excluding tert-OH is 2. The molecule has 8 unspecified atom stereocenters. The van der Waals surface area contributed by atoms with E-state index in [1.165, 1.54) is 43.4 Å². The summed E-state index contributed by atoms with van der Waals surface area (Å²) in [6, 6.07) is 0. The maximum atomic E-state index is 12.5. The summed E-state index contributed by atoms with van der Waals surface area (Å²) in [4.78, 5) is 140. The number of aromatic amines is 2. The zero-order valence-corrected chi connectivity index (χ0v) is 49.4. The Morgan fingerprint density at radius 3 is 1.58 bits per heavy atom. The summed E-state index contributed by atoms with van der Waals surface area (Å²) in [6.45, 7) is 5.86. The van der Waals surface area contributed by atoms with Crippen LogP contribution in [0.4, 0.5) is 11.6 Å². The number of hydrogen-bond donors (Lipinski definition) is 9. The lowest BCUT2D eigenvalue weighted by atomic mass is 10.2. The van der Waals surface area contributed by atoms with Gasteiger partial charge in [0.15, 0.2) is 22.9 Å². The predicted octanol–water partition coefficient (Wildman–Crippen LogP) is -0.780. The van der Waals surface area contributed by atoms with Crippen molar-refractivity contribution in [2.24, 2.45) is 0 Å². The van der Waals surface area contributed by atoms with Crippen LogP contribution in [0.25, 0.3) is 34.5 Å². The quantitative estimate of drug-likeness (QED) is 0.0158. The van der Waals surface area contributed by atoms with Crippen molar-refractivity contribution in [1.82, 2.24) is 78.1 Å². The number of aliphatic hydroxyl groups is 2. The van der Waals surface area contributed by atoms with Crippen molar-refractivity contribution in [3.8, 4) is 0 Å². The van der Waals surface area contributed by atoms with E-state index in [2.05, 4.69) is 84.5 Å². The van der Waals surface area contributed by atoms with E-state index < -0.39 is 100.0 Å². The molecule has 9 rings (SSSR count). The van der Waals surface area contributed by atoms with Crippen LogP contribution in [0.3, 0.4) is 0 Å². The predicted molar refractivity (Wildman–Crippen MR) is 309 cm³/mol. The number of imidazole rings is 3. The molecule has 2 saturated heterocycles. The number of hydrogen-bond acceptors (Lipinski definition) is 25. The van der Waals surface area contributed by atoms with Gasteiger partial charge in [-0.25, -0.2) is 44.5 Å². The molecular formula is C51H66N18O17P2-2. The summed E-state index contributed by atoms with van der Waals surface area (Å²) in [6.07, 6.45) is 16.5. The SMILES string of the molecule is CCCCCn1cnc2c(NCCNC(=O)/C=C/c3cn(C4CC(O)C(COP(=O)([O-])O)O4)c(=O)[nH]c3=O)ncnc21.CCCCCn1cnc2c(NCCNC(=O)/C=C/c3cn(C4CC(O)C(COP(=O)([O-])n5ccnc5)O4)c(=O)[nH]c3=O)ncnc21. The second-order valence-electron chi connectivity index (χ2n) is 20.0. The molecule has 88 heavy (non-hydrogen) atoms. The maximum Gasteiger partial charge on any atom is 0.330 e. The van der Waals surface area contributed by atoms with Crippen LogP contribution in [-0.2, 0) is 50.3 Å². The molecule has 0 aromatic carbocycles. The Bertz CT molecular complexity index is 3910. The Morgan fingerprint density at radius 1 is 0.682 bits per heavy atom. The largest absolute Gasteiger partial charge is 0.761 e. The third-order valence-electron chi connectivity index (χ3n) is 13.7. The van der Waals surface area contributed by atoms with Crippen LogP contribution < -0.4 is 53.6 Å². The molecule has 9 N–H and O–H groups in total. The number of amides is 2. The number of carbonyl (C=O) groups excluding carboxylic acids is 2. The Labute approximate surface area is 498 Å². The van der Waals surface area contributed by atoms with Crippen molar-refractivity contribution < 1.29 is 62.1 Å². The van der Waals surface area contributed by atoms with Crippen LogP contribution in [0.2, 0.25) is 0 Å². The summed E-state index contributed by atoms with van der Waals surface area (Å²) in [5.41, 5.74) is -0.486. The Balaban J connectivity index is 0.000000229. The van der Waals surface area contributed by atoms with Gasteiger partial charge in [0.25, 0.3) is 18.9 Å². The fourth-order valence-electron chi connectivity index (χ4n) is 9.13. The van der Waals surface area contributed by atoms with E-state index in [4.69, 9.17) is 18.9 Å². The minimum absolute atomic E-state index is 0.0206. The van der Waals surface area contributed by atoms with E-state index in [1.807, 2.05) is 9.13 Å². The highest BCUT2D eigenvalue weighted by Gasteiger charge is 2.38. The molecule has 0 bridgehead atoms. The van der Waals surface area contributed by atoms with Gasteiger partial charge in [0.1, 0.15) is 54.7 Å². The van der Waals surface area contributed by atoms with Gasteiger partial charge in [-0.05, 0) is 25.0 Å². The van der Waals surface area contributed by atoms with Crippen LogP contribution in [0.15, 0.2) is 87.8 Å². The number of ether oxygens (including phenoxy) is 2. The summed E-state index contributed by atoms with van der Waals surface area (Å²) in [5, 5.41) is 32.2. The molecule has 2 fully saturated rings. The zero-order valence-electron chi connectivity index (χ0n) is 47.6. The first-order valence-corrected chi connectivity index (χ1v) is 30.9. The number of aromatic nitrogens is 14. The van der Waals surface area contributed by atoms with Gasteiger partial charge in [0, 0.05) is 89.0 Å². The molecule has 7 aromatic heterocycles. The van der Waals surface area contributed by atoms with Crippen molar-refractivity contribution in [2.75, 3.05) is 50.0 Å². The number of aryl methyl sites for hydroxylation is 2. The molecule has 9 heterocycles. The number of phosphoric ester groups is 1. The van der Waals surface area contributed by atoms with Crippen molar-refractivity contribution in [3.05, 3.63) is 121 Å². The minimum atomic E-state index is -5.04. The van der Waals surface area contributed by atoms with E-state index in [1.54, 1.807) is 12.7 Å². The molecule has 0 aliphatic carbocycles. The molecule has 2 amide bonds. The van der Waals surface area contributed by atoms with Crippen molar-refractivity contribution in [1.29, 1.82) is 0 Å².